The molecule has 1 amide bonds. The fraction of sp³-hybridized carbons (Fsp3) is 0.346. The van der Waals surface area contributed by atoms with Gasteiger partial charge >= 0.3 is 5.63 Å². The molecule has 2 aromatic heterocycles. The van der Waals surface area contributed by atoms with Crippen LogP contribution in [0, 0.1) is 0 Å². The SMILES string of the molecule is CC1(C)CCc2c(cc(OCC(=O)Nc3nc4ccccc4s3)c3c4c(c(=O)oc23)CCC4)O1. The Morgan fingerprint density at radius 2 is 2.00 bits per heavy atom. The minimum Gasteiger partial charge on any atom is -0.487 e. The molecular weight excluding hydrogens is 452 g/mol. The van der Waals surface area contributed by atoms with E-state index in [4.69, 9.17) is 13.9 Å². The van der Waals surface area contributed by atoms with Crippen LogP contribution in [0.25, 0.3) is 21.2 Å². The van der Waals surface area contributed by atoms with E-state index in [1.54, 1.807) is 0 Å². The van der Waals surface area contributed by atoms with E-state index in [0.29, 0.717) is 34.2 Å². The number of aromatic nitrogens is 1. The van der Waals surface area contributed by atoms with E-state index in [0.717, 1.165) is 52.4 Å². The molecule has 6 rings (SSSR count). The van der Waals surface area contributed by atoms with Gasteiger partial charge in [-0.2, -0.15) is 0 Å². The second-order valence-electron chi connectivity index (χ2n) is 9.44. The predicted molar refractivity (Wildman–Crippen MR) is 131 cm³/mol. The number of hydrogen-bond donors (Lipinski definition) is 1. The second-order valence-corrected chi connectivity index (χ2v) is 10.5. The lowest BCUT2D eigenvalue weighted by molar-refractivity contribution is -0.118. The van der Waals surface area contributed by atoms with E-state index in [2.05, 4.69) is 10.3 Å². The van der Waals surface area contributed by atoms with Crippen LogP contribution < -0.4 is 20.4 Å². The molecule has 0 atom stereocenters. The molecule has 0 fully saturated rings. The summed E-state index contributed by atoms with van der Waals surface area (Å²) in [5.41, 5.74) is 3.34. The summed E-state index contributed by atoms with van der Waals surface area (Å²) in [4.78, 5) is 29.8. The van der Waals surface area contributed by atoms with Crippen molar-refractivity contribution < 1.29 is 18.7 Å². The number of ether oxygens (including phenoxy) is 2. The molecule has 1 N–H and O–H groups in total. The van der Waals surface area contributed by atoms with Crippen molar-refractivity contribution in [1.29, 1.82) is 0 Å². The molecule has 0 spiro atoms. The fourth-order valence-electron chi connectivity index (χ4n) is 4.89. The molecule has 7 nitrogen and oxygen atoms in total. The lowest BCUT2D eigenvalue weighted by Crippen LogP contribution is -2.32. The number of carbonyl (C=O) groups excluding carboxylic acids is 1. The summed E-state index contributed by atoms with van der Waals surface area (Å²) < 4.78 is 19.1. The summed E-state index contributed by atoms with van der Waals surface area (Å²) in [6.07, 6.45) is 3.96. The number of thiazole rings is 1. The van der Waals surface area contributed by atoms with Crippen molar-refractivity contribution in [2.45, 2.75) is 51.6 Å². The molecule has 3 heterocycles. The maximum atomic E-state index is 12.7. The number of nitrogens with one attached hydrogen (secondary N) is 1. The van der Waals surface area contributed by atoms with Gasteiger partial charge < -0.3 is 13.9 Å². The highest BCUT2D eigenvalue weighted by atomic mass is 32.1. The summed E-state index contributed by atoms with van der Waals surface area (Å²) in [5, 5.41) is 4.15. The van der Waals surface area contributed by atoms with Gasteiger partial charge in [-0.15, -0.1) is 0 Å². The summed E-state index contributed by atoms with van der Waals surface area (Å²) in [6, 6.07) is 9.58. The van der Waals surface area contributed by atoms with Crippen LogP contribution >= 0.6 is 11.3 Å². The Hall–Kier alpha value is -3.39. The molecule has 2 aromatic carbocycles. The fourth-order valence-corrected chi connectivity index (χ4v) is 5.77. The number of aryl methyl sites for hydroxylation is 2. The van der Waals surface area contributed by atoms with Crippen LogP contribution in [-0.2, 0) is 24.1 Å². The number of rotatable bonds is 4. The van der Waals surface area contributed by atoms with Gasteiger partial charge in [0.15, 0.2) is 11.7 Å². The van der Waals surface area contributed by atoms with Crippen molar-refractivity contribution in [3.63, 3.8) is 0 Å². The Kier molecular flexibility index (Phi) is 4.88. The Morgan fingerprint density at radius 3 is 2.85 bits per heavy atom. The van der Waals surface area contributed by atoms with Crippen molar-refractivity contribution in [1.82, 2.24) is 4.98 Å². The highest BCUT2D eigenvalue weighted by molar-refractivity contribution is 7.22. The molecule has 174 valence electrons. The highest BCUT2D eigenvalue weighted by Gasteiger charge is 2.32. The van der Waals surface area contributed by atoms with E-state index in [9.17, 15) is 9.59 Å². The number of nitrogens with zero attached hydrogens (tertiary/aromatic N) is 1. The van der Waals surface area contributed by atoms with Gasteiger partial charge in [0.05, 0.1) is 15.6 Å². The van der Waals surface area contributed by atoms with Crippen LogP contribution in [0.2, 0.25) is 0 Å². The third-order valence-corrected chi connectivity index (χ3v) is 7.48. The summed E-state index contributed by atoms with van der Waals surface area (Å²) >= 11 is 1.42. The van der Waals surface area contributed by atoms with Gasteiger partial charge in [-0.25, -0.2) is 9.78 Å². The molecule has 0 saturated carbocycles. The monoisotopic (exact) mass is 476 g/mol. The Bertz CT molecular complexity index is 1480. The van der Waals surface area contributed by atoms with Gasteiger partial charge in [-0.3, -0.25) is 10.1 Å². The Morgan fingerprint density at radius 1 is 1.18 bits per heavy atom. The quantitative estimate of drug-likeness (QED) is 0.416. The standard InChI is InChI=1S/C26H24N2O5S/c1-26(2)11-10-16-18(33-26)12-19(22-14-6-5-7-15(14)24(30)32-23(16)22)31-13-21(29)28-25-27-17-8-3-4-9-20(17)34-25/h3-4,8-9,12H,5-7,10-11,13H2,1-2H3,(H,27,28,29). The number of amides is 1. The van der Waals surface area contributed by atoms with Gasteiger partial charge in [0.1, 0.15) is 22.7 Å². The predicted octanol–water partition coefficient (Wildman–Crippen LogP) is 5.01. The van der Waals surface area contributed by atoms with E-state index >= 15 is 0 Å². The summed E-state index contributed by atoms with van der Waals surface area (Å²) in [5.74, 6) is 0.847. The minimum absolute atomic E-state index is 0.193. The number of hydrogen-bond acceptors (Lipinski definition) is 7. The molecule has 1 aliphatic carbocycles. The molecule has 4 aromatic rings. The van der Waals surface area contributed by atoms with Crippen molar-refractivity contribution in [2.75, 3.05) is 11.9 Å². The molecule has 0 saturated heterocycles. The smallest absolute Gasteiger partial charge is 0.339 e. The topological polar surface area (TPSA) is 90.7 Å². The van der Waals surface area contributed by atoms with Gasteiger partial charge in [0, 0.05) is 17.2 Å². The molecular formula is C26H24N2O5S. The van der Waals surface area contributed by atoms with Gasteiger partial charge in [0.25, 0.3) is 5.91 Å². The maximum absolute atomic E-state index is 12.7. The second kappa shape index (κ2) is 7.84. The van der Waals surface area contributed by atoms with Crippen molar-refractivity contribution in [3.8, 4) is 11.5 Å². The molecule has 34 heavy (non-hydrogen) atoms. The van der Waals surface area contributed by atoms with E-state index in [1.165, 1.54) is 11.3 Å². The first-order valence-electron chi connectivity index (χ1n) is 11.5. The molecule has 1 aliphatic heterocycles. The normalized spacial score (nSPS) is 16.2. The summed E-state index contributed by atoms with van der Waals surface area (Å²) in [7, 11) is 0. The lowest BCUT2D eigenvalue weighted by atomic mass is 9.91. The average Bonchev–Trinajstić information content (AvgIpc) is 3.43. The summed E-state index contributed by atoms with van der Waals surface area (Å²) in [6.45, 7) is 3.87. The number of anilines is 1. The first kappa shape index (κ1) is 21.2. The van der Waals surface area contributed by atoms with Crippen LogP contribution in [0.1, 0.15) is 43.4 Å². The molecule has 2 aliphatic rings. The molecule has 0 unspecified atom stereocenters. The van der Waals surface area contributed by atoms with E-state index in [-0.39, 0.29) is 23.7 Å². The molecule has 0 radical (unpaired) electrons. The number of benzene rings is 2. The van der Waals surface area contributed by atoms with Crippen LogP contribution in [0.3, 0.4) is 0 Å². The third-order valence-electron chi connectivity index (χ3n) is 6.53. The minimum atomic E-state index is -0.334. The first-order chi connectivity index (χ1) is 16.4. The van der Waals surface area contributed by atoms with E-state index in [1.807, 2.05) is 44.2 Å². The Labute approximate surface area is 199 Å². The lowest BCUT2D eigenvalue weighted by Gasteiger charge is -2.33. The molecule has 8 heteroatoms. The highest BCUT2D eigenvalue weighted by Crippen LogP contribution is 2.44. The zero-order valence-corrected chi connectivity index (χ0v) is 19.8. The number of carbonyl (C=O) groups is 1. The largest absolute Gasteiger partial charge is 0.487 e. The van der Waals surface area contributed by atoms with Crippen LogP contribution in [-0.4, -0.2) is 23.1 Å². The van der Waals surface area contributed by atoms with E-state index < -0.39 is 0 Å². The van der Waals surface area contributed by atoms with Crippen LogP contribution in [0.15, 0.2) is 39.5 Å². The zero-order valence-electron chi connectivity index (χ0n) is 19.0. The van der Waals surface area contributed by atoms with Crippen LogP contribution in [0.5, 0.6) is 11.5 Å². The van der Waals surface area contributed by atoms with Gasteiger partial charge in [-0.1, -0.05) is 23.5 Å². The third kappa shape index (κ3) is 3.62. The zero-order chi connectivity index (χ0) is 23.4. The van der Waals surface area contributed by atoms with Crippen molar-refractivity contribution >= 4 is 43.6 Å². The molecule has 0 bridgehead atoms. The Balaban J connectivity index is 1.35. The van der Waals surface area contributed by atoms with Crippen molar-refractivity contribution in [2.24, 2.45) is 0 Å². The van der Waals surface area contributed by atoms with Crippen molar-refractivity contribution in [3.05, 3.63) is 57.4 Å². The van der Waals surface area contributed by atoms with Crippen LogP contribution in [0.4, 0.5) is 5.13 Å². The number of para-hydroxylation sites is 1. The average molecular weight is 477 g/mol. The van der Waals surface area contributed by atoms with Gasteiger partial charge in [-0.05, 0) is 63.6 Å². The maximum Gasteiger partial charge on any atom is 0.339 e. The number of fused-ring (bicyclic) bond motifs is 6. The first-order valence-corrected chi connectivity index (χ1v) is 12.3. The van der Waals surface area contributed by atoms with Gasteiger partial charge in [0.2, 0.25) is 0 Å².